The predicted octanol–water partition coefficient (Wildman–Crippen LogP) is -1.28. The summed E-state index contributed by atoms with van der Waals surface area (Å²) in [6.45, 7) is 0. The summed E-state index contributed by atoms with van der Waals surface area (Å²) in [5.41, 5.74) is 0. The first kappa shape index (κ1) is 25.6. The van der Waals surface area contributed by atoms with Crippen molar-refractivity contribution in [1.82, 2.24) is 0 Å². The predicted molar refractivity (Wildman–Crippen MR) is 26.7 cm³/mol. The molecule has 0 unspecified atom stereocenters. The van der Waals surface area contributed by atoms with Crippen LogP contribution in [0, 0.1) is 0 Å². The Morgan fingerprint density at radius 2 is 1.20 bits per heavy atom. The van der Waals surface area contributed by atoms with Crippen molar-refractivity contribution in [3.05, 3.63) is 0 Å². The Kier molecular flexibility index (Phi) is 158. The Bertz CT molecular complexity index is 9.61. The average Bonchev–Trinajstić information content (AvgIpc) is 1.00. The van der Waals surface area contributed by atoms with Gasteiger partial charge in [-0.25, -0.2) is 0 Å². The van der Waals surface area contributed by atoms with Gasteiger partial charge in [0.15, 0.2) is 0 Å². The van der Waals surface area contributed by atoms with E-state index in [0.717, 1.165) is 0 Å². The number of hydrogen-bond donors (Lipinski definition) is 0. The second-order valence-corrected chi connectivity index (χ2v) is 0. The Morgan fingerprint density at radius 3 is 1.20 bits per heavy atom. The van der Waals surface area contributed by atoms with Gasteiger partial charge in [0.2, 0.25) is 0 Å². The molecule has 0 saturated heterocycles. The standard InChI is InChI=1S/2Al.Ca.ClH.H2O/h;;;1H;1H2/q;+1;;;/p-1. The van der Waals surface area contributed by atoms with Crippen LogP contribution in [0.15, 0.2) is 0 Å². The van der Waals surface area contributed by atoms with Crippen LogP contribution in [0.4, 0.5) is 0 Å². The molecule has 0 spiro atoms. The van der Waals surface area contributed by atoms with E-state index in [1.807, 2.05) is 15.4 Å². The topological polar surface area (TPSA) is 31.5 Å². The molecule has 0 bridgehead atoms. The van der Waals surface area contributed by atoms with Gasteiger partial charge in [0.1, 0.15) is 0 Å². The molecule has 0 amide bonds. The van der Waals surface area contributed by atoms with Gasteiger partial charge in [-0.1, -0.05) is 0 Å². The maximum Gasteiger partial charge on any atom is 0.293 e. The Hall–Kier alpha value is 2.57. The normalized spacial score (nSPS) is 1.00. The summed E-state index contributed by atoms with van der Waals surface area (Å²) in [6.07, 6.45) is 0. The van der Waals surface area contributed by atoms with Crippen molar-refractivity contribution in [3.8, 4) is 0 Å². The third kappa shape index (κ3) is 20.8. The van der Waals surface area contributed by atoms with Gasteiger partial charge < -0.3 is 5.48 Å². The molecule has 0 atom stereocenters. The smallest absolute Gasteiger partial charge is 0.293 e. The van der Waals surface area contributed by atoms with E-state index in [4.69, 9.17) is 0 Å². The Balaban J connectivity index is -0.00000000167. The van der Waals surface area contributed by atoms with Gasteiger partial charge in [0.05, 0.1) is 0 Å². The third-order valence-electron chi connectivity index (χ3n) is 0. The number of hydrogen-bond acceptors (Lipinski definition) is 0. The minimum atomic E-state index is 0. The summed E-state index contributed by atoms with van der Waals surface area (Å²) in [5, 5.41) is 0. The van der Waals surface area contributed by atoms with Gasteiger partial charge in [0, 0.05) is 55.1 Å². The Labute approximate surface area is 84.5 Å². The summed E-state index contributed by atoms with van der Waals surface area (Å²) < 4.78 is 0. The molecule has 0 rings (SSSR count). The van der Waals surface area contributed by atoms with E-state index < -0.39 is 0 Å². The van der Waals surface area contributed by atoms with Crippen LogP contribution in [0.1, 0.15) is 0 Å². The second kappa shape index (κ2) is 30.8. The van der Waals surface area contributed by atoms with Gasteiger partial charge in [-0.15, -0.1) is 0 Å². The molecule has 0 saturated carbocycles. The molecule has 0 heterocycles. The fraction of sp³-hybridized carbons (Fsp3) is 0. The molecule has 0 aliphatic carbocycles. The van der Waals surface area contributed by atoms with Crippen LogP contribution in [0.2, 0.25) is 0 Å². The third-order valence-corrected chi connectivity index (χ3v) is 0. The van der Waals surface area contributed by atoms with Gasteiger partial charge in [-0.2, -0.15) is 0 Å². The molecule has 0 fully saturated rings. The number of rotatable bonds is 0. The van der Waals surface area contributed by atoms with Crippen LogP contribution in [0.3, 0.4) is 0 Å². The van der Waals surface area contributed by atoms with Crippen LogP contribution in [0.5, 0.6) is 0 Å². The zero-order valence-corrected chi connectivity index (χ0v) is 8.01. The molecule has 0 aromatic carbocycles. The van der Waals surface area contributed by atoms with E-state index in [9.17, 15) is 0 Å². The maximum atomic E-state index is 4.56. The van der Waals surface area contributed by atoms with Crippen molar-refractivity contribution in [2.75, 3.05) is 0 Å². The van der Waals surface area contributed by atoms with E-state index in [0.29, 0.717) is 0 Å². The zero-order chi connectivity index (χ0) is 2.00. The fourth-order valence-corrected chi connectivity index (χ4v) is 0. The first-order valence-corrected chi connectivity index (χ1v) is 1.96. The molecule has 0 aliphatic heterocycles. The fourth-order valence-electron chi connectivity index (χ4n) is 0. The van der Waals surface area contributed by atoms with E-state index in [1.165, 1.54) is 0 Å². The monoisotopic (exact) mass is 147 g/mol. The van der Waals surface area contributed by atoms with Crippen LogP contribution in [-0.4, -0.2) is 75.9 Å². The van der Waals surface area contributed by atoms with Crippen molar-refractivity contribution in [2.45, 2.75) is 0 Å². The molecular formula is H2Al2CaClO. The summed E-state index contributed by atoms with van der Waals surface area (Å²) in [6, 6.07) is 0. The first-order chi connectivity index (χ1) is 1.00. The van der Waals surface area contributed by atoms with Crippen molar-refractivity contribution in [3.63, 3.8) is 0 Å². The van der Waals surface area contributed by atoms with Gasteiger partial charge >= 0.3 is 0 Å². The first-order valence-electron chi connectivity index (χ1n) is 0.218. The van der Waals surface area contributed by atoms with Crippen molar-refractivity contribution in [1.29, 1.82) is 0 Å². The van der Waals surface area contributed by atoms with E-state index in [1.54, 1.807) is 0 Å². The minimum Gasteiger partial charge on any atom is -0.412 e. The minimum absolute atomic E-state index is 0. The molecule has 5 heavy (non-hydrogen) atoms. The van der Waals surface area contributed by atoms with Crippen LogP contribution < -0.4 is 0 Å². The largest absolute Gasteiger partial charge is 0.412 e. The Morgan fingerprint density at radius 1 is 1.20 bits per heavy atom. The molecule has 0 aliphatic rings. The molecule has 7 radical (unpaired) electrons. The van der Waals surface area contributed by atoms with Gasteiger partial charge in [-0.05, 0) is 0 Å². The van der Waals surface area contributed by atoms with Crippen molar-refractivity contribution >= 4 is 80.5 Å². The maximum absolute atomic E-state index is 4.56. The van der Waals surface area contributed by atoms with E-state index >= 15 is 0 Å². The molecule has 0 aromatic rings. The van der Waals surface area contributed by atoms with Crippen LogP contribution in [-0.2, 0) is 0 Å². The second-order valence-electron chi connectivity index (χ2n) is 0. The van der Waals surface area contributed by atoms with Crippen molar-refractivity contribution < 1.29 is 5.48 Å². The summed E-state index contributed by atoms with van der Waals surface area (Å²) >= 11 is 1.89. The van der Waals surface area contributed by atoms with E-state index in [2.05, 4.69) is 10.0 Å². The quantitative estimate of drug-likeness (QED) is 0.383. The van der Waals surface area contributed by atoms with Crippen molar-refractivity contribution in [2.24, 2.45) is 0 Å². The average molecular weight is 148 g/mol. The van der Waals surface area contributed by atoms with Crippen LogP contribution in [0.25, 0.3) is 0 Å². The molecular weight excluding hydrogens is 145 g/mol. The summed E-state index contributed by atoms with van der Waals surface area (Å²) in [5.74, 6) is 0. The number of halogens is 1. The SMILES string of the molecule is O.[Al].[Al][Cl].[Ca]. The van der Waals surface area contributed by atoms with E-state index in [-0.39, 0.29) is 60.6 Å². The van der Waals surface area contributed by atoms with Crippen LogP contribution >= 0.6 is 10.0 Å². The molecule has 2 N–H and O–H groups in total. The summed E-state index contributed by atoms with van der Waals surface area (Å²) in [4.78, 5) is 0. The molecule has 1 nitrogen and oxygen atoms in total. The molecule has 23 valence electrons. The molecule has 0 aromatic heterocycles. The van der Waals surface area contributed by atoms with Gasteiger partial charge in [0.25, 0.3) is 15.4 Å². The zero-order valence-electron chi connectivity index (χ0n) is 2.74. The summed E-state index contributed by atoms with van der Waals surface area (Å²) in [7, 11) is 4.56. The van der Waals surface area contributed by atoms with Gasteiger partial charge in [-0.3, -0.25) is 10.0 Å². The molecule has 5 heteroatoms.